The minimum atomic E-state index is -3.81. The number of benzene rings is 1. The number of sulfone groups is 1. The molecular formula is C13H10O5S. The average molecular weight is 278 g/mol. The highest BCUT2D eigenvalue weighted by Crippen LogP contribution is 2.22. The van der Waals surface area contributed by atoms with Crippen molar-refractivity contribution in [2.45, 2.75) is 16.9 Å². The van der Waals surface area contributed by atoms with Gasteiger partial charge in [0.15, 0.2) is 17.8 Å². The van der Waals surface area contributed by atoms with Crippen LogP contribution in [0.5, 0.6) is 0 Å². The van der Waals surface area contributed by atoms with Crippen LogP contribution >= 0.6 is 0 Å². The highest BCUT2D eigenvalue weighted by Gasteiger charge is 2.21. The Hall–Kier alpha value is -2.21. The van der Waals surface area contributed by atoms with Gasteiger partial charge in [-0.1, -0.05) is 12.1 Å². The van der Waals surface area contributed by atoms with Gasteiger partial charge in [-0.05, 0) is 31.2 Å². The molecule has 0 amide bonds. The summed E-state index contributed by atoms with van der Waals surface area (Å²) in [6.45, 7) is 1.40. The Labute approximate surface area is 109 Å². The fourth-order valence-electron chi connectivity index (χ4n) is 1.53. The third-order valence-electron chi connectivity index (χ3n) is 2.55. The van der Waals surface area contributed by atoms with Crippen LogP contribution in [0.15, 0.2) is 50.8 Å². The van der Waals surface area contributed by atoms with Crippen molar-refractivity contribution in [3.05, 3.63) is 47.7 Å². The molecule has 0 atom stereocenters. The number of aldehydes is 1. The van der Waals surface area contributed by atoms with Gasteiger partial charge in [0.05, 0.1) is 4.90 Å². The number of carbonyl (C=O) groups excluding carboxylic acids is 2. The van der Waals surface area contributed by atoms with Crippen molar-refractivity contribution in [1.29, 1.82) is 0 Å². The van der Waals surface area contributed by atoms with Crippen LogP contribution in [0.4, 0.5) is 0 Å². The van der Waals surface area contributed by atoms with E-state index in [0.29, 0.717) is 11.8 Å². The molecule has 98 valence electrons. The van der Waals surface area contributed by atoms with Crippen molar-refractivity contribution >= 4 is 21.9 Å². The van der Waals surface area contributed by atoms with E-state index in [1.54, 1.807) is 0 Å². The van der Waals surface area contributed by atoms with Crippen LogP contribution in [0.1, 0.15) is 27.8 Å². The van der Waals surface area contributed by atoms with E-state index < -0.39 is 9.84 Å². The second kappa shape index (κ2) is 4.81. The van der Waals surface area contributed by atoms with E-state index >= 15 is 0 Å². The summed E-state index contributed by atoms with van der Waals surface area (Å²) in [7, 11) is -3.81. The maximum absolute atomic E-state index is 12.1. The zero-order chi connectivity index (χ0) is 14.0. The van der Waals surface area contributed by atoms with Gasteiger partial charge < -0.3 is 4.42 Å². The number of hydrogen-bond donors (Lipinski definition) is 0. The fraction of sp³-hybridized carbons (Fsp3) is 0.0769. The van der Waals surface area contributed by atoms with Crippen LogP contribution in [-0.4, -0.2) is 20.5 Å². The summed E-state index contributed by atoms with van der Waals surface area (Å²) < 4.78 is 29.2. The van der Waals surface area contributed by atoms with Gasteiger partial charge >= 0.3 is 0 Å². The lowest BCUT2D eigenvalue weighted by Crippen LogP contribution is -2.01. The van der Waals surface area contributed by atoms with E-state index in [1.807, 2.05) is 0 Å². The largest absolute Gasteiger partial charge is 0.442 e. The van der Waals surface area contributed by atoms with Gasteiger partial charge in [-0.3, -0.25) is 9.59 Å². The molecule has 0 aliphatic heterocycles. The molecule has 0 spiro atoms. The molecule has 2 aromatic rings. The quantitative estimate of drug-likeness (QED) is 0.632. The van der Waals surface area contributed by atoms with Gasteiger partial charge in [0.2, 0.25) is 14.9 Å². The molecule has 2 rings (SSSR count). The van der Waals surface area contributed by atoms with E-state index in [1.165, 1.54) is 43.3 Å². The lowest BCUT2D eigenvalue weighted by molar-refractivity contribution is 0.101. The maximum Gasteiger partial charge on any atom is 0.239 e. The number of ketones is 1. The molecule has 0 aliphatic carbocycles. The van der Waals surface area contributed by atoms with Crippen LogP contribution < -0.4 is 0 Å². The molecule has 1 heterocycles. The van der Waals surface area contributed by atoms with Gasteiger partial charge in [0.1, 0.15) is 0 Å². The first-order valence-corrected chi connectivity index (χ1v) is 6.84. The van der Waals surface area contributed by atoms with E-state index in [4.69, 9.17) is 4.42 Å². The molecule has 0 unspecified atom stereocenters. The minimum absolute atomic E-state index is 0.00398. The monoisotopic (exact) mass is 278 g/mol. The third kappa shape index (κ3) is 2.48. The van der Waals surface area contributed by atoms with Crippen LogP contribution in [0.25, 0.3) is 0 Å². The van der Waals surface area contributed by atoms with Crippen LogP contribution in [0, 0.1) is 0 Å². The molecule has 0 fully saturated rings. The van der Waals surface area contributed by atoms with Gasteiger partial charge in [-0.25, -0.2) is 8.42 Å². The Morgan fingerprint density at radius 1 is 1.11 bits per heavy atom. The minimum Gasteiger partial charge on any atom is -0.442 e. The average Bonchev–Trinajstić information content (AvgIpc) is 2.88. The first-order chi connectivity index (χ1) is 8.95. The summed E-state index contributed by atoms with van der Waals surface area (Å²) in [5.74, 6) is -0.205. The molecule has 0 saturated heterocycles. The Bertz CT molecular complexity index is 723. The predicted octanol–water partition coefficient (Wildman–Crippen LogP) is 2.13. The van der Waals surface area contributed by atoms with Crippen LogP contribution in [0.2, 0.25) is 0 Å². The Morgan fingerprint density at radius 2 is 1.74 bits per heavy atom. The van der Waals surface area contributed by atoms with Crippen molar-refractivity contribution in [2.24, 2.45) is 0 Å². The molecule has 19 heavy (non-hydrogen) atoms. The number of hydrogen-bond acceptors (Lipinski definition) is 5. The standard InChI is InChI=1S/C13H10O5S/c1-9(15)10-2-5-12(6-3-10)19(16,17)13-7-4-11(8-14)18-13/h2-8H,1H3. The van der Waals surface area contributed by atoms with Crippen LogP contribution in [0.3, 0.4) is 0 Å². The topological polar surface area (TPSA) is 81.4 Å². The number of furan rings is 1. The van der Waals surface area contributed by atoms with Gasteiger partial charge in [0.25, 0.3) is 0 Å². The van der Waals surface area contributed by atoms with Crippen molar-refractivity contribution < 1.29 is 22.4 Å². The molecule has 5 nitrogen and oxygen atoms in total. The molecule has 6 heteroatoms. The summed E-state index contributed by atoms with van der Waals surface area (Å²) in [5.41, 5.74) is 0.423. The van der Waals surface area contributed by atoms with Crippen molar-refractivity contribution in [2.75, 3.05) is 0 Å². The molecule has 0 radical (unpaired) electrons. The molecule has 1 aromatic carbocycles. The smallest absolute Gasteiger partial charge is 0.239 e. The third-order valence-corrected chi connectivity index (χ3v) is 4.20. The maximum atomic E-state index is 12.1. The van der Waals surface area contributed by atoms with Crippen molar-refractivity contribution in [1.82, 2.24) is 0 Å². The summed E-state index contributed by atoms with van der Waals surface area (Å²) in [6, 6.07) is 8.02. The Kier molecular flexibility index (Phi) is 3.35. The van der Waals surface area contributed by atoms with Crippen molar-refractivity contribution in [3.63, 3.8) is 0 Å². The molecule has 1 aromatic heterocycles. The summed E-state index contributed by atoms with van der Waals surface area (Å²) in [5, 5.41) is -0.301. The second-order valence-corrected chi connectivity index (χ2v) is 5.74. The zero-order valence-electron chi connectivity index (χ0n) is 9.99. The van der Waals surface area contributed by atoms with Gasteiger partial charge in [0, 0.05) is 5.56 Å². The van der Waals surface area contributed by atoms with E-state index in [-0.39, 0.29) is 21.5 Å². The first kappa shape index (κ1) is 13.2. The van der Waals surface area contributed by atoms with E-state index in [0.717, 1.165) is 0 Å². The lowest BCUT2D eigenvalue weighted by Gasteiger charge is -2.02. The normalized spacial score (nSPS) is 11.2. The molecule has 0 N–H and O–H groups in total. The highest BCUT2D eigenvalue weighted by atomic mass is 32.2. The fourth-order valence-corrected chi connectivity index (χ4v) is 2.71. The summed E-state index contributed by atoms with van der Waals surface area (Å²) in [6.07, 6.45) is 0.428. The molecule has 0 aliphatic rings. The van der Waals surface area contributed by atoms with Gasteiger partial charge in [-0.2, -0.15) is 0 Å². The van der Waals surface area contributed by atoms with Gasteiger partial charge in [-0.15, -0.1) is 0 Å². The van der Waals surface area contributed by atoms with Crippen molar-refractivity contribution in [3.8, 4) is 0 Å². The summed E-state index contributed by atoms with van der Waals surface area (Å²) >= 11 is 0. The van der Waals surface area contributed by atoms with E-state index in [9.17, 15) is 18.0 Å². The van der Waals surface area contributed by atoms with E-state index in [2.05, 4.69) is 0 Å². The summed E-state index contributed by atoms with van der Waals surface area (Å²) in [4.78, 5) is 21.6. The Morgan fingerprint density at radius 3 is 2.21 bits per heavy atom. The lowest BCUT2D eigenvalue weighted by atomic mass is 10.2. The number of rotatable bonds is 4. The molecular weight excluding hydrogens is 268 g/mol. The zero-order valence-corrected chi connectivity index (χ0v) is 10.8. The molecule has 0 bridgehead atoms. The molecule has 0 saturated carbocycles. The van der Waals surface area contributed by atoms with Crippen LogP contribution in [-0.2, 0) is 9.84 Å². The second-order valence-electron chi connectivity index (χ2n) is 3.86. The number of Topliss-reactive ketones (excluding diaryl/α,β-unsaturated/α-hetero) is 1. The SMILES string of the molecule is CC(=O)c1ccc(S(=O)(=O)c2ccc(C=O)o2)cc1. The first-order valence-electron chi connectivity index (χ1n) is 5.36. The Balaban J connectivity index is 2.44. The number of carbonyl (C=O) groups is 2. The highest BCUT2D eigenvalue weighted by molar-refractivity contribution is 7.91. The predicted molar refractivity (Wildman–Crippen MR) is 66.0 cm³/mol.